The van der Waals surface area contributed by atoms with Crippen LogP contribution in [0, 0.1) is 5.82 Å². The molecule has 1 fully saturated rings. The molecule has 0 spiro atoms. The molecule has 0 aromatic heterocycles. The molecule has 1 aliphatic rings. The van der Waals surface area contributed by atoms with Crippen molar-refractivity contribution in [2.24, 2.45) is 0 Å². The first-order valence-corrected chi connectivity index (χ1v) is 8.99. The van der Waals surface area contributed by atoms with Gasteiger partial charge in [0.25, 0.3) is 5.91 Å². The topological polar surface area (TPSA) is 56.8 Å². The lowest BCUT2D eigenvalue weighted by Crippen LogP contribution is -2.45. The molecule has 1 amide bonds. The molecule has 1 N–H and O–H groups in total. The monoisotopic (exact) mass is 373 g/mol. The number of hydrogen-bond acceptors (Lipinski definition) is 4. The fraction of sp³-hybridized carbons (Fsp3) is 0.381. The van der Waals surface area contributed by atoms with Gasteiger partial charge in [-0.3, -0.25) is 4.79 Å². The standard InChI is InChI=1S/C21H24FNO4/c1-25-18-3-2-4-19(13-18)27-14-20(24)23-15-21(9-11-26-12-10-21)16-5-7-17(22)8-6-16/h2-8,13H,9-12,14-15H2,1H3,(H,23,24). The van der Waals surface area contributed by atoms with Gasteiger partial charge in [-0.25, -0.2) is 4.39 Å². The molecule has 1 saturated heterocycles. The summed E-state index contributed by atoms with van der Waals surface area (Å²) in [6.45, 7) is 1.62. The number of carbonyl (C=O) groups is 1. The van der Waals surface area contributed by atoms with Crippen molar-refractivity contribution in [3.05, 3.63) is 59.9 Å². The van der Waals surface area contributed by atoms with Gasteiger partial charge in [0.15, 0.2) is 6.61 Å². The lowest BCUT2D eigenvalue weighted by molar-refractivity contribution is -0.123. The van der Waals surface area contributed by atoms with Crippen LogP contribution in [0.15, 0.2) is 48.5 Å². The molecule has 0 saturated carbocycles. The van der Waals surface area contributed by atoms with Crippen molar-refractivity contribution in [2.45, 2.75) is 18.3 Å². The van der Waals surface area contributed by atoms with Gasteiger partial charge in [0.05, 0.1) is 7.11 Å². The number of hydrogen-bond donors (Lipinski definition) is 1. The van der Waals surface area contributed by atoms with Crippen LogP contribution in [0.2, 0.25) is 0 Å². The van der Waals surface area contributed by atoms with Gasteiger partial charge in [0.2, 0.25) is 0 Å². The smallest absolute Gasteiger partial charge is 0.257 e. The Morgan fingerprint density at radius 3 is 2.56 bits per heavy atom. The first-order valence-electron chi connectivity index (χ1n) is 8.99. The molecule has 1 heterocycles. The molecule has 1 aliphatic heterocycles. The van der Waals surface area contributed by atoms with Crippen LogP contribution in [0.3, 0.4) is 0 Å². The van der Waals surface area contributed by atoms with Gasteiger partial charge in [-0.05, 0) is 42.7 Å². The Labute approximate surface area is 158 Å². The molecule has 6 heteroatoms. The molecular formula is C21H24FNO4. The van der Waals surface area contributed by atoms with E-state index in [1.165, 1.54) is 12.1 Å². The van der Waals surface area contributed by atoms with Crippen molar-refractivity contribution < 1.29 is 23.4 Å². The zero-order valence-electron chi connectivity index (χ0n) is 15.4. The maximum absolute atomic E-state index is 13.3. The SMILES string of the molecule is COc1cccc(OCC(=O)NCC2(c3ccc(F)cc3)CCOCC2)c1. The minimum atomic E-state index is -0.267. The van der Waals surface area contributed by atoms with Crippen molar-refractivity contribution in [3.8, 4) is 11.5 Å². The highest BCUT2D eigenvalue weighted by atomic mass is 19.1. The Balaban J connectivity index is 1.59. The fourth-order valence-electron chi connectivity index (χ4n) is 3.29. The average molecular weight is 373 g/mol. The molecule has 0 unspecified atom stereocenters. The highest BCUT2D eigenvalue weighted by Gasteiger charge is 2.34. The van der Waals surface area contributed by atoms with Gasteiger partial charge in [-0.1, -0.05) is 18.2 Å². The second-order valence-corrected chi connectivity index (χ2v) is 6.64. The molecular weight excluding hydrogens is 349 g/mol. The highest BCUT2D eigenvalue weighted by molar-refractivity contribution is 5.77. The largest absolute Gasteiger partial charge is 0.497 e. The van der Waals surface area contributed by atoms with Crippen LogP contribution in [-0.4, -0.2) is 39.4 Å². The van der Waals surface area contributed by atoms with E-state index < -0.39 is 0 Å². The maximum Gasteiger partial charge on any atom is 0.257 e. The molecule has 2 aromatic rings. The number of nitrogens with one attached hydrogen (secondary N) is 1. The average Bonchev–Trinajstić information content (AvgIpc) is 2.72. The van der Waals surface area contributed by atoms with Crippen molar-refractivity contribution in [1.29, 1.82) is 0 Å². The van der Waals surface area contributed by atoms with Crippen LogP contribution < -0.4 is 14.8 Å². The van der Waals surface area contributed by atoms with E-state index >= 15 is 0 Å². The number of halogens is 1. The molecule has 0 radical (unpaired) electrons. The summed E-state index contributed by atoms with van der Waals surface area (Å²) in [5, 5.41) is 2.96. The van der Waals surface area contributed by atoms with Gasteiger partial charge in [0, 0.05) is 31.2 Å². The summed E-state index contributed by atoms with van der Waals surface area (Å²) in [4.78, 5) is 12.3. The quantitative estimate of drug-likeness (QED) is 0.810. The summed E-state index contributed by atoms with van der Waals surface area (Å²) in [5.74, 6) is 0.775. The van der Waals surface area contributed by atoms with E-state index in [1.807, 2.05) is 6.07 Å². The van der Waals surface area contributed by atoms with Crippen molar-refractivity contribution in [3.63, 3.8) is 0 Å². The number of methoxy groups -OCH3 is 1. The number of rotatable bonds is 7. The Morgan fingerprint density at radius 2 is 1.85 bits per heavy atom. The van der Waals surface area contributed by atoms with E-state index in [4.69, 9.17) is 14.2 Å². The zero-order valence-corrected chi connectivity index (χ0v) is 15.4. The minimum absolute atomic E-state index is 0.0802. The third-order valence-corrected chi connectivity index (χ3v) is 4.94. The van der Waals surface area contributed by atoms with Gasteiger partial charge in [0.1, 0.15) is 17.3 Å². The Hall–Kier alpha value is -2.60. The summed E-state index contributed by atoms with van der Waals surface area (Å²) in [5.41, 5.74) is 0.763. The Kier molecular flexibility index (Phi) is 6.29. The van der Waals surface area contributed by atoms with E-state index in [0.717, 1.165) is 18.4 Å². The summed E-state index contributed by atoms with van der Waals surface area (Å²) < 4.78 is 29.4. The second-order valence-electron chi connectivity index (χ2n) is 6.64. The Morgan fingerprint density at radius 1 is 1.15 bits per heavy atom. The van der Waals surface area contributed by atoms with Crippen LogP contribution >= 0.6 is 0 Å². The fourth-order valence-corrected chi connectivity index (χ4v) is 3.29. The summed E-state index contributed by atoms with van der Waals surface area (Å²) in [6, 6.07) is 13.6. The van der Waals surface area contributed by atoms with E-state index in [2.05, 4.69) is 5.32 Å². The molecule has 27 heavy (non-hydrogen) atoms. The van der Waals surface area contributed by atoms with E-state index in [0.29, 0.717) is 31.3 Å². The predicted molar refractivity (Wildman–Crippen MR) is 99.6 cm³/mol. The molecule has 2 aromatic carbocycles. The molecule has 0 bridgehead atoms. The normalized spacial score (nSPS) is 15.8. The minimum Gasteiger partial charge on any atom is -0.497 e. The third kappa shape index (κ3) is 4.98. The van der Waals surface area contributed by atoms with Crippen LogP contribution in [0.4, 0.5) is 4.39 Å². The second kappa shape index (κ2) is 8.86. The van der Waals surface area contributed by atoms with Crippen molar-refractivity contribution in [2.75, 3.05) is 33.5 Å². The number of carbonyl (C=O) groups excluding carboxylic acids is 1. The number of benzene rings is 2. The van der Waals surface area contributed by atoms with E-state index in [1.54, 1.807) is 37.4 Å². The first-order chi connectivity index (χ1) is 13.1. The van der Waals surface area contributed by atoms with Crippen LogP contribution in [-0.2, 0) is 14.9 Å². The molecule has 5 nitrogen and oxygen atoms in total. The van der Waals surface area contributed by atoms with Gasteiger partial charge >= 0.3 is 0 Å². The first kappa shape index (κ1) is 19.2. The van der Waals surface area contributed by atoms with Crippen molar-refractivity contribution >= 4 is 5.91 Å². The maximum atomic E-state index is 13.3. The lowest BCUT2D eigenvalue weighted by atomic mass is 9.74. The molecule has 0 atom stereocenters. The van der Waals surface area contributed by atoms with Gasteiger partial charge in [-0.2, -0.15) is 0 Å². The van der Waals surface area contributed by atoms with Crippen molar-refractivity contribution in [1.82, 2.24) is 5.32 Å². The number of ether oxygens (including phenoxy) is 3. The van der Waals surface area contributed by atoms with Crippen LogP contribution in [0.25, 0.3) is 0 Å². The third-order valence-electron chi connectivity index (χ3n) is 4.94. The molecule has 3 rings (SSSR count). The lowest BCUT2D eigenvalue weighted by Gasteiger charge is -2.38. The Bertz CT molecular complexity index is 757. The zero-order chi connectivity index (χ0) is 19.1. The van der Waals surface area contributed by atoms with E-state index in [9.17, 15) is 9.18 Å². The number of amides is 1. The highest BCUT2D eigenvalue weighted by Crippen LogP contribution is 2.34. The van der Waals surface area contributed by atoms with Crippen LogP contribution in [0.5, 0.6) is 11.5 Å². The molecule has 144 valence electrons. The summed E-state index contributed by atoms with van der Waals surface area (Å²) in [7, 11) is 1.58. The molecule has 0 aliphatic carbocycles. The summed E-state index contributed by atoms with van der Waals surface area (Å²) in [6.07, 6.45) is 1.55. The van der Waals surface area contributed by atoms with E-state index in [-0.39, 0.29) is 23.7 Å². The summed E-state index contributed by atoms with van der Waals surface area (Å²) >= 11 is 0. The predicted octanol–water partition coefficient (Wildman–Crippen LogP) is 3.08. The van der Waals surface area contributed by atoms with Crippen LogP contribution in [0.1, 0.15) is 18.4 Å². The van der Waals surface area contributed by atoms with Gasteiger partial charge in [-0.15, -0.1) is 0 Å². The van der Waals surface area contributed by atoms with Gasteiger partial charge < -0.3 is 19.5 Å².